The number of nitrogens with zero attached hydrogens (tertiary/aromatic N) is 3. The minimum Gasteiger partial charge on any atom is -0.497 e. The fourth-order valence-electron chi connectivity index (χ4n) is 4.55. The van der Waals surface area contributed by atoms with Crippen molar-refractivity contribution in [3.8, 4) is 17.0 Å². The van der Waals surface area contributed by atoms with Gasteiger partial charge < -0.3 is 14.8 Å². The van der Waals surface area contributed by atoms with E-state index in [4.69, 9.17) is 9.47 Å². The van der Waals surface area contributed by atoms with Gasteiger partial charge in [-0.25, -0.2) is 14.3 Å². The van der Waals surface area contributed by atoms with E-state index in [2.05, 4.69) is 31.3 Å². The second-order valence-electron chi connectivity index (χ2n) is 9.47. The van der Waals surface area contributed by atoms with Crippen LogP contribution in [0.2, 0.25) is 0 Å². The van der Waals surface area contributed by atoms with E-state index in [1.807, 2.05) is 0 Å². The first-order valence-electron chi connectivity index (χ1n) is 12.5. The van der Waals surface area contributed by atoms with Gasteiger partial charge in [0.05, 0.1) is 28.9 Å². The SMILES string of the molecule is COc1ccc(-c2cc(C(F)(F)F)n3nc(C(=O)Nc4sc5c(c4C(=O)OC(C)C)CCCC5)c(Br)c3n2)cc1. The number of carbonyl (C=O) groups is 2. The zero-order chi connectivity index (χ0) is 28.8. The predicted octanol–water partition coefficient (Wildman–Crippen LogP) is 6.94. The van der Waals surface area contributed by atoms with Gasteiger partial charge >= 0.3 is 12.1 Å². The molecule has 0 unspecified atom stereocenters. The van der Waals surface area contributed by atoms with Gasteiger partial charge in [0.25, 0.3) is 5.91 Å². The van der Waals surface area contributed by atoms with E-state index in [0.717, 1.165) is 35.8 Å². The van der Waals surface area contributed by atoms with Crippen LogP contribution in [0.3, 0.4) is 0 Å². The highest BCUT2D eigenvalue weighted by molar-refractivity contribution is 9.10. The maximum atomic E-state index is 14.1. The Labute approximate surface area is 239 Å². The van der Waals surface area contributed by atoms with E-state index in [1.165, 1.54) is 18.4 Å². The van der Waals surface area contributed by atoms with Gasteiger partial charge in [-0.2, -0.15) is 18.3 Å². The number of thiophene rings is 1. The second kappa shape index (κ2) is 10.8. The van der Waals surface area contributed by atoms with Crippen LogP contribution < -0.4 is 10.1 Å². The molecule has 13 heteroatoms. The number of amides is 1. The Kier molecular flexibility index (Phi) is 7.62. The lowest BCUT2D eigenvalue weighted by Gasteiger charge is -2.14. The molecular weight excluding hydrogens is 613 g/mol. The van der Waals surface area contributed by atoms with Crippen LogP contribution in [0.25, 0.3) is 16.9 Å². The second-order valence-corrected chi connectivity index (χ2v) is 11.4. The zero-order valence-electron chi connectivity index (χ0n) is 21.7. The number of rotatable bonds is 6. The molecule has 0 atom stereocenters. The summed E-state index contributed by atoms with van der Waals surface area (Å²) in [6.45, 7) is 3.46. The number of halogens is 4. The molecule has 0 aliphatic heterocycles. The third kappa shape index (κ3) is 5.31. The number of carbonyl (C=O) groups excluding carboxylic acids is 2. The monoisotopic (exact) mass is 636 g/mol. The molecule has 0 fully saturated rings. The number of aromatic nitrogens is 3. The molecule has 3 aromatic heterocycles. The first-order chi connectivity index (χ1) is 19.0. The molecule has 0 radical (unpaired) electrons. The number of nitrogens with one attached hydrogen (secondary N) is 1. The predicted molar refractivity (Wildman–Crippen MR) is 147 cm³/mol. The van der Waals surface area contributed by atoms with Crippen LogP contribution in [-0.4, -0.2) is 39.7 Å². The van der Waals surface area contributed by atoms with Gasteiger partial charge in [-0.05, 0) is 91.4 Å². The van der Waals surface area contributed by atoms with Crippen LogP contribution in [0.5, 0.6) is 5.75 Å². The third-order valence-electron chi connectivity index (χ3n) is 6.37. The van der Waals surface area contributed by atoms with Gasteiger partial charge in [0.2, 0.25) is 0 Å². The van der Waals surface area contributed by atoms with Crippen LogP contribution in [-0.2, 0) is 23.8 Å². The van der Waals surface area contributed by atoms with Crippen molar-refractivity contribution >= 4 is 49.8 Å². The van der Waals surface area contributed by atoms with Gasteiger partial charge in [-0.3, -0.25) is 4.79 Å². The smallest absolute Gasteiger partial charge is 0.433 e. The average molecular weight is 637 g/mol. The lowest BCUT2D eigenvalue weighted by molar-refractivity contribution is -0.142. The standard InChI is InChI=1S/C27H24BrF3N4O4S/c1-13(2)39-26(37)20-16-6-4-5-7-18(16)40-25(20)33-24(36)22-21(28)23-32-17(14-8-10-15(38-3)11-9-14)12-19(27(29,30)31)35(23)34-22/h8-13H,4-7H2,1-3H3,(H,33,36). The first-order valence-corrected chi connectivity index (χ1v) is 14.1. The summed E-state index contributed by atoms with van der Waals surface area (Å²) < 4.78 is 53.5. The summed E-state index contributed by atoms with van der Waals surface area (Å²) in [6, 6.07) is 7.28. The number of alkyl halides is 3. The minimum absolute atomic E-state index is 0.0153. The van der Waals surface area contributed by atoms with Gasteiger partial charge in [0, 0.05) is 10.4 Å². The highest BCUT2D eigenvalue weighted by Gasteiger charge is 2.37. The highest BCUT2D eigenvalue weighted by atomic mass is 79.9. The lowest BCUT2D eigenvalue weighted by atomic mass is 9.95. The third-order valence-corrected chi connectivity index (χ3v) is 8.31. The Hall–Kier alpha value is -3.45. The van der Waals surface area contributed by atoms with Crippen LogP contribution >= 0.6 is 27.3 Å². The lowest BCUT2D eigenvalue weighted by Crippen LogP contribution is -2.18. The van der Waals surface area contributed by atoms with Gasteiger partial charge in [0.1, 0.15) is 10.8 Å². The van der Waals surface area contributed by atoms with Crippen LogP contribution in [0.15, 0.2) is 34.8 Å². The Morgan fingerprint density at radius 3 is 2.50 bits per heavy atom. The first kappa shape index (κ1) is 28.1. The summed E-state index contributed by atoms with van der Waals surface area (Å²) >= 11 is 4.53. The molecule has 0 bridgehead atoms. The summed E-state index contributed by atoms with van der Waals surface area (Å²) in [4.78, 5) is 31.7. The number of fused-ring (bicyclic) bond motifs is 2. The number of hydrogen-bond acceptors (Lipinski definition) is 7. The van der Waals surface area contributed by atoms with E-state index < -0.39 is 23.7 Å². The summed E-state index contributed by atoms with van der Waals surface area (Å²) in [5.41, 5.74) is 0.00464. The van der Waals surface area contributed by atoms with E-state index in [-0.39, 0.29) is 38.2 Å². The number of esters is 1. The fraction of sp³-hybridized carbons (Fsp3) is 0.333. The van der Waals surface area contributed by atoms with Crippen molar-refractivity contribution in [2.45, 2.75) is 51.8 Å². The summed E-state index contributed by atoms with van der Waals surface area (Å²) in [5.74, 6) is -0.796. The molecule has 4 aromatic rings. The molecule has 5 rings (SSSR count). The number of anilines is 1. The number of methoxy groups -OCH3 is 1. The molecule has 0 spiro atoms. The molecule has 1 amide bonds. The van der Waals surface area contributed by atoms with Crippen molar-refractivity contribution in [2.24, 2.45) is 0 Å². The minimum atomic E-state index is -4.79. The topological polar surface area (TPSA) is 94.8 Å². The van der Waals surface area contributed by atoms with Crippen LogP contribution in [0.1, 0.15) is 63.7 Å². The molecule has 0 saturated heterocycles. The van der Waals surface area contributed by atoms with Gasteiger partial charge in [-0.15, -0.1) is 11.3 Å². The maximum absolute atomic E-state index is 14.1. The number of aryl methyl sites for hydroxylation is 1. The number of ether oxygens (including phenoxy) is 2. The largest absolute Gasteiger partial charge is 0.497 e. The molecule has 1 aromatic carbocycles. The molecule has 8 nitrogen and oxygen atoms in total. The molecule has 0 saturated carbocycles. The molecule has 3 heterocycles. The molecule has 210 valence electrons. The van der Waals surface area contributed by atoms with Crippen molar-refractivity contribution in [2.75, 3.05) is 12.4 Å². The molecule has 1 N–H and O–H groups in total. The molecule has 1 aliphatic rings. The quantitative estimate of drug-likeness (QED) is 0.230. The fourth-order valence-corrected chi connectivity index (χ4v) is 6.34. The maximum Gasteiger partial charge on any atom is 0.433 e. The van der Waals surface area contributed by atoms with E-state index in [0.29, 0.717) is 22.2 Å². The van der Waals surface area contributed by atoms with E-state index in [9.17, 15) is 22.8 Å². The van der Waals surface area contributed by atoms with Crippen molar-refractivity contribution in [1.82, 2.24) is 14.6 Å². The van der Waals surface area contributed by atoms with E-state index in [1.54, 1.807) is 38.1 Å². The number of hydrogen-bond donors (Lipinski definition) is 1. The van der Waals surface area contributed by atoms with Crippen molar-refractivity contribution in [3.63, 3.8) is 0 Å². The molecule has 40 heavy (non-hydrogen) atoms. The summed E-state index contributed by atoms with van der Waals surface area (Å²) in [7, 11) is 1.48. The molecular formula is C27H24BrF3N4O4S. The normalized spacial score (nSPS) is 13.4. The summed E-state index contributed by atoms with van der Waals surface area (Å²) in [6.07, 6.45) is -1.85. The molecule has 1 aliphatic carbocycles. The van der Waals surface area contributed by atoms with Crippen molar-refractivity contribution < 1.29 is 32.2 Å². The van der Waals surface area contributed by atoms with Crippen molar-refractivity contribution in [3.05, 3.63) is 62.2 Å². The summed E-state index contributed by atoms with van der Waals surface area (Å²) in [5, 5.41) is 6.98. The highest BCUT2D eigenvalue weighted by Crippen LogP contribution is 2.40. The van der Waals surface area contributed by atoms with Crippen molar-refractivity contribution in [1.29, 1.82) is 0 Å². The van der Waals surface area contributed by atoms with Crippen LogP contribution in [0.4, 0.5) is 18.2 Å². The van der Waals surface area contributed by atoms with Gasteiger partial charge in [0.15, 0.2) is 17.0 Å². The Morgan fingerprint density at radius 2 is 1.85 bits per heavy atom. The zero-order valence-corrected chi connectivity index (χ0v) is 24.1. The van der Waals surface area contributed by atoms with Gasteiger partial charge in [-0.1, -0.05) is 0 Å². The van der Waals surface area contributed by atoms with E-state index >= 15 is 0 Å². The Balaban J connectivity index is 1.57. The Morgan fingerprint density at radius 1 is 1.15 bits per heavy atom. The number of benzene rings is 1. The average Bonchev–Trinajstić information content (AvgIpc) is 3.44. The van der Waals surface area contributed by atoms with Crippen LogP contribution in [0, 0.1) is 0 Å². The Bertz CT molecular complexity index is 1610.